The van der Waals surface area contributed by atoms with Crippen molar-refractivity contribution in [2.75, 3.05) is 10.6 Å². The highest BCUT2D eigenvalue weighted by Crippen LogP contribution is 2.25. The topological polar surface area (TPSA) is 166 Å². The number of carbonyl (C=O) groups is 4. The van der Waals surface area contributed by atoms with Crippen LogP contribution in [0.2, 0.25) is 0 Å². The van der Waals surface area contributed by atoms with Gasteiger partial charge in [-0.15, -0.1) is 10.2 Å². The zero-order valence-electron chi connectivity index (χ0n) is 20.1. The van der Waals surface area contributed by atoms with Crippen LogP contribution >= 0.6 is 23.5 Å². The van der Waals surface area contributed by atoms with Crippen LogP contribution < -0.4 is 21.3 Å². The quantitative estimate of drug-likeness (QED) is 0.297. The van der Waals surface area contributed by atoms with Crippen LogP contribution in [0.5, 0.6) is 0 Å². The van der Waals surface area contributed by atoms with Crippen molar-refractivity contribution in [1.29, 1.82) is 0 Å². The lowest BCUT2D eigenvalue weighted by atomic mass is 10.2. The van der Waals surface area contributed by atoms with Crippen molar-refractivity contribution in [3.05, 3.63) is 24.3 Å². The Hall–Kier alpha value is -3.52. The molecule has 14 heteroatoms. The van der Waals surface area contributed by atoms with Crippen LogP contribution in [-0.2, 0) is 19.2 Å². The Morgan fingerprint density at radius 1 is 0.806 bits per heavy atom. The number of anilines is 2. The van der Waals surface area contributed by atoms with E-state index in [-0.39, 0.29) is 36.5 Å². The number of nitrogens with one attached hydrogen (secondary N) is 4. The normalized spacial score (nSPS) is 21.1. The number of hydrogen-bond donors (Lipinski definition) is 4. The third-order valence-corrected chi connectivity index (χ3v) is 6.55. The van der Waals surface area contributed by atoms with Crippen LogP contribution in [0.25, 0.3) is 0 Å². The first-order valence-corrected chi connectivity index (χ1v) is 12.7. The molecule has 2 heterocycles. The molecule has 1 aromatic rings. The molecule has 2 aliphatic heterocycles. The van der Waals surface area contributed by atoms with E-state index in [0.29, 0.717) is 21.7 Å². The Balaban J connectivity index is 1.52. The van der Waals surface area contributed by atoms with Crippen molar-refractivity contribution in [2.24, 2.45) is 20.4 Å². The highest BCUT2D eigenvalue weighted by molar-refractivity contribution is 8.16. The van der Waals surface area contributed by atoms with Crippen LogP contribution in [0.15, 0.2) is 44.7 Å². The minimum absolute atomic E-state index is 0.0551. The molecule has 2 aliphatic rings. The number of carbonyl (C=O) groups excluding carboxylic acids is 4. The van der Waals surface area contributed by atoms with Gasteiger partial charge in [-0.3, -0.25) is 19.2 Å². The lowest BCUT2D eigenvalue weighted by molar-refractivity contribution is -0.122. The van der Waals surface area contributed by atoms with Crippen LogP contribution in [0.3, 0.4) is 0 Å². The molecule has 2 atom stereocenters. The Morgan fingerprint density at radius 2 is 1.22 bits per heavy atom. The highest BCUT2D eigenvalue weighted by Gasteiger charge is 2.33. The molecule has 0 spiro atoms. The molecule has 0 saturated carbocycles. The van der Waals surface area contributed by atoms with Gasteiger partial charge in [0.2, 0.25) is 23.6 Å². The Bertz CT molecular complexity index is 1100. The predicted molar refractivity (Wildman–Crippen MR) is 144 cm³/mol. The van der Waals surface area contributed by atoms with Gasteiger partial charge >= 0.3 is 0 Å². The molecular weight excluding hydrogens is 504 g/mol. The predicted octanol–water partition coefficient (Wildman–Crippen LogP) is 2.31. The van der Waals surface area contributed by atoms with Crippen LogP contribution in [0, 0.1) is 0 Å². The van der Waals surface area contributed by atoms with Gasteiger partial charge in [-0.1, -0.05) is 29.6 Å². The summed E-state index contributed by atoms with van der Waals surface area (Å²) < 4.78 is 0. The highest BCUT2D eigenvalue weighted by atomic mass is 32.2. The van der Waals surface area contributed by atoms with Crippen molar-refractivity contribution in [1.82, 2.24) is 10.6 Å². The summed E-state index contributed by atoms with van der Waals surface area (Å²) >= 11 is 2.29. The average molecular weight is 531 g/mol. The smallest absolute Gasteiger partial charge is 0.240 e. The molecule has 4 N–H and O–H groups in total. The van der Waals surface area contributed by atoms with Gasteiger partial charge in [0.25, 0.3) is 0 Å². The van der Waals surface area contributed by atoms with Gasteiger partial charge in [0, 0.05) is 35.6 Å². The van der Waals surface area contributed by atoms with E-state index in [1.54, 1.807) is 52.0 Å². The van der Waals surface area contributed by atoms with Crippen molar-refractivity contribution in [3.8, 4) is 0 Å². The fourth-order valence-electron chi connectivity index (χ4n) is 2.90. The fourth-order valence-corrected chi connectivity index (χ4v) is 4.73. The molecule has 36 heavy (non-hydrogen) atoms. The molecule has 0 aliphatic carbocycles. The van der Waals surface area contributed by atoms with Crippen molar-refractivity contribution in [2.45, 2.75) is 51.0 Å². The van der Waals surface area contributed by atoms with E-state index in [0.717, 1.165) is 34.9 Å². The number of thioether (sulfide) groups is 2. The van der Waals surface area contributed by atoms with Crippen molar-refractivity contribution >= 4 is 80.3 Å². The van der Waals surface area contributed by atoms with Crippen molar-refractivity contribution < 1.29 is 19.2 Å². The van der Waals surface area contributed by atoms with E-state index >= 15 is 0 Å². The van der Waals surface area contributed by atoms with Gasteiger partial charge in [-0.2, -0.15) is 10.2 Å². The number of amides is 4. The first kappa shape index (κ1) is 27.1. The van der Waals surface area contributed by atoms with E-state index in [1.165, 1.54) is 0 Å². The number of benzene rings is 1. The minimum Gasteiger partial charge on any atom is -0.326 e. The summed E-state index contributed by atoms with van der Waals surface area (Å²) in [6, 6.07) is 6.60. The lowest BCUT2D eigenvalue weighted by Gasteiger charge is -2.11. The van der Waals surface area contributed by atoms with Gasteiger partial charge in [0.05, 0.1) is 0 Å². The maximum atomic E-state index is 12.5. The second-order valence-electron chi connectivity index (χ2n) is 8.18. The monoisotopic (exact) mass is 530 g/mol. The summed E-state index contributed by atoms with van der Waals surface area (Å²) in [7, 11) is 0. The van der Waals surface area contributed by atoms with E-state index in [4.69, 9.17) is 0 Å². The maximum Gasteiger partial charge on any atom is 0.240 e. The van der Waals surface area contributed by atoms with Crippen LogP contribution in [0.4, 0.5) is 11.4 Å². The summed E-state index contributed by atoms with van der Waals surface area (Å²) in [5.74, 6) is -1.34. The second-order valence-corrected chi connectivity index (χ2v) is 10.6. The zero-order chi connectivity index (χ0) is 26.2. The molecule has 190 valence electrons. The molecule has 2 unspecified atom stereocenters. The second kappa shape index (κ2) is 12.4. The molecule has 2 saturated heterocycles. The third kappa shape index (κ3) is 8.30. The number of rotatable bonds is 8. The first-order chi connectivity index (χ1) is 17.1. The molecule has 3 rings (SSSR count). The molecule has 0 bridgehead atoms. The summed E-state index contributed by atoms with van der Waals surface area (Å²) in [5.41, 5.74) is 2.39. The van der Waals surface area contributed by atoms with Crippen LogP contribution in [-0.4, -0.2) is 55.9 Å². The van der Waals surface area contributed by atoms with Crippen LogP contribution in [0.1, 0.15) is 40.5 Å². The summed E-state index contributed by atoms with van der Waals surface area (Å²) in [6.45, 7) is 7.14. The Kier molecular flexibility index (Phi) is 9.36. The molecule has 2 fully saturated rings. The van der Waals surface area contributed by atoms with E-state index < -0.39 is 10.5 Å². The summed E-state index contributed by atoms with van der Waals surface area (Å²) in [6.07, 6.45) is -0.110. The molecule has 0 aromatic heterocycles. The SMILES string of the molecule is CC(C)=NN=C1NC(=O)C(CC(=O)Nc2cccc(NC(=O)CC3SC(=NN=C(C)C)NC3=O)c2)S1. The molecule has 4 amide bonds. The van der Waals surface area contributed by atoms with E-state index in [1.807, 2.05) is 0 Å². The lowest BCUT2D eigenvalue weighted by Crippen LogP contribution is -2.28. The number of amidine groups is 2. The van der Waals surface area contributed by atoms with E-state index in [2.05, 4.69) is 41.7 Å². The first-order valence-electron chi connectivity index (χ1n) is 10.9. The van der Waals surface area contributed by atoms with Gasteiger partial charge in [-0.25, -0.2) is 0 Å². The molecule has 1 aromatic carbocycles. The maximum absolute atomic E-state index is 12.5. The minimum atomic E-state index is -0.616. The number of nitrogens with zero attached hydrogens (tertiary/aromatic N) is 4. The van der Waals surface area contributed by atoms with Gasteiger partial charge in [-0.05, 0) is 45.9 Å². The number of hydrogen-bond acceptors (Lipinski definition) is 10. The van der Waals surface area contributed by atoms with Gasteiger partial charge < -0.3 is 21.3 Å². The zero-order valence-corrected chi connectivity index (χ0v) is 21.7. The van der Waals surface area contributed by atoms with Crippen molar-refractivity contribution in [3.63, 3.8) is 0 Å². The average Bonchev–Trinajstić information content (AvgIpc) is 3.32. The molecular formula is C22H26N8O4S2. The third-order valence-electron chi connectivity index (χ3n) is 4.41. The van der Waals surface area contributed by atoms with Gasteiger partial charge in [0.1, 0.15) is 10.5 Å². The Morgan fingerprint density at radius 3 is 1.61 bits per heavy atom. The standard InChI is InChI=1S/C22H26N8O4S2/c1-11(2)27-29-21-25-19(33)15(35-21)9-17(31)23-13-6-5-7-14(8-13)24-18(32)10-16-20(34)26-22(36-16)30-28-12(3)4/h5-8,15-16H,9-10H2,1-4H3,(H,23,31)(H,24,32)(H,25,29,33)(H,26,30,34). The van der Waals surface area contributed by atoms with Gasteiger partial charge in [0.15, 0.2) is 10.3 Å². The molecule has 0 radical (unpaired) electrons. The fraction of sp³-hybridized carbons (Fsp3) is 0.364. The summed E-state index contributed by atoms with van der Waals surface area (Å²) in [4.78, 5) is 49.2. The summed E-state index contributed by atoms with van der Waals surface area (Å²) in [5, 5.41) is 25.8. The Labute approximate surface area is 216 Å². The van der Waals surface area contributed by atoms with E-state index in [9.17, 15) is 19.2 Å². The molecule has 12 nitrogen and oxygen atoms in total. The largest absolute Gasteiger partial charge is 0.326 e.